The second-order valence-electron chi connectivity index (χ2n) is 8.04. The van der Waals surface area contributed by atoms with E-state index in [1.807, 2.05) is 16.8 Å². The molecule has 1 N–H and O–H groups in total. The second kappa shape index (κ2) is 6.45. The maximum atomic E-state index is 9.19. The monoisotopic (exact) mass is 336 g/mol. The Balaban J connectivity index is 1.52. The number of aromatic nitrogens is 2. The molecule has 0 bridgehead atoms. The van der Waals surface area contributed by atoms with Crippen LogP contribution in [0.2, 0.25) is 0 Å². The molecule has 0 radical (unpaired) electrons. The fourth-order valence-electron chi connectivity index (χ4n) is 4.89. The first-order valence-corrected chi connectivity index (χ1v) is 9.51. The first kappa shape index (κ1) is 16.6. The summed E-state index contributed by atoms with van der Waals surface area (Å²) in [4.78, 5) is 0. The third-order valence-corrected chi connectivity index (χ3v) is 6.55. The summed E-state index contributed by atoms with van der Waals surface area (Å²) in [6, 6.07) is 8.44. The van der Waals surface area contributed by atoms with Crippen LogP contribution in [0.3, 0.4) is 0 Å². The molecule has 0 saturated heterocycles. The zero-order valence-corrected chi connectivity index (χ0v) is 15.3. The van der Waals surface area contributed by atoms with Gasteiger partial charge in [-0.25, -0.2) is 0 Å². The van der Waals surface area contributed by atoms with Gasteiger partial charge < -0.3 is 5.11 Å². The van der Waals surface area contributed by atoms with Gasteiger partial charge in [0.15, 0.2) is 0 Å². The van der Waals surface area contributed by atoms with E-state index in [0.29, 0.717) is 5.41 Å². The maximum Gasteiger partial charge on any atom is 0.0681 e. The van der Waals surface area contributed by atoms with Crippen molar-refractivity contribution in [1.29, 1.82) is 0 Å². The van der Waals surface area contributed by atoms with Gasteiger partial charge >= 0.3 is 0 Å². The van der Waals surface area contributed by atoms with Crippen molar-refractivity contribution in [3.63, 3.8) is 0 Å². The van der Waals surface area contributed by atoms with Gasteiger partial charge in [-0.2, -0.15) is 5.10 Å². The molecule has 132 valence electrons. The van der Waals surface area contributed by atoms with E-state index in [-0.39, 0.29) is 6.61 Å². The van der Waals surface area contributed by atoms with Gasteiger partial charge in [0.1, 0.15) is 0 Å². The highest BCUT2D eigenvalue weighted by Gasteiger charge is 2.42. The van der Waals surface area contributed by atoms with Crippen molar-refractivity contribution in [1.82, 2.24) is 9.78 Å². The van der Waals surface area contributed by atoms with Crippen LogP contribution in [0.1, 0.15) is 55.0 Å². The highest BCUT2D eigenvalue weighted by molar-refractivity contribution is 5.59. The minimum Gasteiger partial charge on any atom is -0.392 e. The number of benzene rings is 1. The number of aliphatic hydroxyl groups excluding tert-OH is 1. The quantitative estimate of drug-likeness (QED) is 0.904. The molecule has 2 atom stereocenters. The molecule has 0 aliphatic heterocycles. The molecule has 2 aliphatic carbocycles. The topological polar surface area (TPSA) is 38.0 Å². The van der Waals surface area contributed by atoms with Crippen LogP contribution in [0.25, 0.3) is 6.08 Å². The number of allylic oxidation sites excluding steroid dienone is 1. The lowest BCUT2D eigenvalue weighted by atomic mass is 9.58. The van der Waals surface area contributed by atoms with Crippen LogP contribution in [-0.2, 0) is 26.5 Å². The van der Waals surface area contributed by atoms with Crippen molar-refractivity contribution in [2.75, 3.05) is 0 Å². The summed E-state index contributed by atoms with van der Waals surface area (Å²) in [7, 11) is 2.05. The summed E-state index contributed by atoms with van der Waals surface area (Å²) < 4.78 is 2.02. The van der Waals surface area contributed by atoms with Gasteiger partial charge in [0, 0.05) is 7.05 Å². The number of nitrogens with zero attached hydrogens (tertiary/aromatic N) is 2. The van der Waals surface area contributed by atoms with E-state index in [0.717, 1.165) is 24.3 Å². The normalized spacial score (nSPS) is 25.2. The van der Waals surface area contributed by atoms with Crippen molar-refractivity contribution in [2.45, 2.75) is 52.1 Å². The lowest BCUT2D eigenvalue weighted by Gasteiger charge is -2.46. The molecule has 1 aromatic heterocycles. The largest absolute Gasteiger partial charge is 0.392 e. The standard InChI is InChI=1S/C22H28N2O/c1-22-13-18-14-23-24(2)21(18)12-20(22)5-3-4-19(22)11-10-16-6-8-17(15-25)9-7-16/h6-9,12,14,19,25H,3-5,10-11,13,15H2,1-2H3/t19-,22-/m1/s1. The van der Waals surface area contributed by atoms with E-state index >= 15 is 0 Å². The Morgan fingerprint density at radius 1 is 1.24 bits per heavy atom. The Labute approximate surface area is 150 Å². The van der Waals surface area contributed by atoms with E-state index in [1.54, 1.807) is 5.57 Å². The summed E-state index contributed by atoms with van der Waals surface area (Å²) >= 11 is 0. The molecule has 2 aliphatic rings. The number of aliphatic hydroxyl groups is 1. The fraction of sp³-hybridized carbons (Fsp3) is 0.500. The highest BCUT2D eigenvalue weighted by atomic mass is 16.3. The number of hydrogen-bond acceptors (Lipinski definition) is 2. The summed E-state index contributed by atoms with van der Waals surface area (Å²) in [6.45, 7) is 2.61. The first-order chi connectivity index (χ1) is 12.1. The van der Waals surface area contributed by atoms with E-state index in [4.69, 9.17) is 0 Å². The van der Waals surface area contributed by atoms with Crippen LogP contribution in [0.4, 0.5) is 0 Å². The van der Waals surface area contributed by atoms with Crippen LogP contribution in [0.5, 0.6) is 0 Å². The molecular weight excluding hydrogens is 308 g/mol. The van der Waals surface area contributed by atoms with Crippen LogP contribution in [0.15, 0.2) is 36.0 Å². The number of rotatable bonds is 4. The number of aryl methyl sites for hydroxylation is 2. The molecule has 1 fully saturated rings. The molecule has 2 aromatic rings. The Kier molecular flexibility index (Phi) is 4.28. The predicted octanol–water partition coefficient (Wildman–Crippen LogP) is 4.29. The Morgan fingerprint density at radius 2 is 2.00 bits per heavy atom. The summed E-state index contributed by atoms with van der Waals surface area (Å²) in [6.07, 6.45) is 11.9. The van der Waals surface area contributed by atoms with Crippen LogP contribution < -0.4 is 0 Å². The lowest BCUT2D eigenvalue weighted by molar-refractivity contribution is 0.170. The summed E-state index contributed by atoms with van der Waals surface area (Å²) in [5.74, 6) is 0.735. The maximum absolute atomic E-state index is 9.19. The van der Waals surface area contributed by atoms with E-state index in [2.05, 4.69) is 43.5 Å². The SMILES string of the molecule is Cn1ncc2c1C=C1CCC[C@H](CCc3ccc(CO)cc3)[C@@]1(C)C2. The molecule has 4 rings (SSSR count). The van der Waals surface area contributed by atoms with Crippen molar-refractivity contribution < 1.29 is 5.11 Å². The molecule has 0 spiro atoms. The number of hydrogen-bond donors (Lipinski definition) is 1. The Hall–Kier alpha value is -1.87. The second-order valence-corrected chi connectivity index (χ2v) is 8.04. The van der Waals surface area contributed by atoms with Crippen molar-refractivity contribution >= 4 is 6.08 Å². The first-order valence-electron chi connectivity index (χ1n) is 9.51. The van der Waals surface area contributed by atoms with Crippen LogP contribution in [0, 0.1) is 11.3 Å². The van der Waals surface area contributed by atoms with Gasteiger partial charge in [0.05, 0.1) is 18.5 Å². The third kappa shape index (κ3) is 2.95. The molecule has 0 amide bonds. The van der Waals surface area contributed by atoms with Gasteiger partial charge in [-0.3, -0.25) is 4.68 Å². The number of fused-ring (bicyclic) bond motifs is 2. The average Bonchev–Trinajstić information content (AvgIpc) is 2.98. The molecule has 3 nitrogen and oxygen atoms in total. The molecule has 3 heteroatoms. The van der Waals surface area contributed by atoms with E-state index < -0.39 is 0 Å². The van der Waals surface area contributed by atoms with E-state index in [9.17, 15) is 5.11 Å². The zero-order chi connectivity index (χ0) is 17.4. The fourth-order valence-corrected chi connectivity index (χ4v) is 4.89. The van der Waals surface area contributed by atoms with Crippen molar-refractivity contribution in [3.05, 3.63) is 58.4 Å². The predicted molar refractivity (Wildman–Crippen MR) is 101 cm³/mol. The van der Waals surface area contributed by atoms with Gasteiger partial charge in [0.2, 0.25) is 0 Å². The van der Waals surface area contributed by atoms with Crippen LogP contribution in [-0.4, -0.2) is 14.9 Å². The lowest BCUT2D eigenvalue weighted by Crippen LogP contribution is -2.37. The molecule has 0 unspecified atom stereocenters. The highest BCUT2D eigenvalue weighted by Crippen LogP contribution is 2.52. The molecule has 1 heterocycles. The molecule has 25 heavy (non-hydrogen) atoms. The van der Waals surface area contributed by atoms with Gasteiger partial charge in [0.25, 0.3) is 0 Å². The van der Waals surface area contributed by atoms with Crippen molar-refractivity contribution in [2.24, 2.45) is 18.4 Å². The van der Waals surface area contributed by atoms with Gasteiger partial charge in [-0.15, -0.1) is 0 Å². The molecule has 1 saturated carbocycles. The molecular formula is C22H28N2O. The van der Waals surface area contributed by atoms with Gasteiger partial charge in [-0.05, 0) is 72.6 Å². The Bertz CT molecular complexity index is 787. The summed E-state index contributed by atoms with van der Waals surface area (Å²) in [5, 5.41) is 13.7. The minimum atomic E-state index is 0.128. The molecule has 1 aromatic carbocycles. The van der Waals surface area contributed by atoms with Crippen molar-refractivity contribution in [3.8, 4) is 0 Å². The Morgan fingerprint density at radius 3 is 2.76 bits per heavy atom. The van der Waals surface area contributed by atoms with Gasteiger partial charge in [-0.1, -0.05) is 36.8 Å². The summed E-state index contributed by atoms with van der Waals surface area (Å²) in [5.41, 5.74) is 7.03. The van der Waals surface area contributed by atoms with E-state index in [1.165, 1.54) is 42.5 Å². The third-order valence-electron chi connectivity index (χ3n) is 6.55. The smallest absolute Gasteiger partial charge is 0.0681 e. The minimum absolute atomic E-state index is 0.128. The zero-order valence-electron chi connectivity index (χ0n) is 15.3. The van der Waals surface area contributed by atoms with Crippen LogP contribution >= 0.6 is 0 Å². The average molecular weight is 336 g/mol.